The second kappa shape index (κ2) is 7.64. The molecule has 0 aliphatic heterocycles. The molecule has 2 rings (SSSR count). The molecule has 0 aliphatic carbocycles. The minimum atomic E-state index is -5.20. The number of hydrogen-bond acceptors (Lipinski definition) is 2. The van der Waals surface area contributed by atoms with E-state index in [2.05, 4.69) is 0 Å². The minimum absolute atomic E-state index is 0. The van der Waals surface area contributed by atoms with Gasteiger partial charge in [0.2, 0.25) is 0 Å². The smallest absolute Gasteiger partial charge is 0.508 e. The van der Waals surface area contributed by atoms with Crippen LogP contribution in [0.5, 0.6) is 11.5 Å². The molecule has 2 nitrogen and oxygen atoms in total. The largest absolute Gasteiger partial charge is 1.00 e. The Kier molecular flexibility index (Phi) is 6.74. The Morgan fingerprint density at radius 3 is 2.38 bits per heavy atom. The average Bonchev–Trinajstić information content (AvgIpc) is 2.36. The van der Waals surface area contributed by atoms with Crippen molar-refractivity contribution in [2.24, 2.45) is 0 Å². The second-order valence-electron chi connectivity index (χ2n) is 4.22. The van der Waals surface area contributed by atoms with Gasteiger partial charge in [-0.05, 0) is 29.8 Å². The van der Waals surface area contributed by atoms with Crippen molar-refractivity contribution in [2.75, 3.05) is 0 Å². The van der Waals surface area contributed by atoms with Crippen molar-refractivity contribution in [1.29, 1.82) is 0 Å². The van der Waals surface area contributed by atoms with Gasteiger partial charge in [0, 0.05) is 0 Å². The number of ether oxygens (including phenoxy) is 1. The number of rotatable bonds is 4. The van der Waals surface area contributed by atoms with E-state index in [1.807, 2.05) is 0 Å². The Labute approximate surface area is 161 Å². The van der Waals surface area contributed by atoms with Crippen LogP contribution in [0.3, 0.4) is 0 Å². The molecule has 0 radical (unpaired) electrons. The van der Waals surface area contributed by atoms with Gasteiger partial charge in [0.15, 0.2) is 11.6 Å². The fraction of sp³-hybridized carbons (Fsp3) is 0.0769. The maximum atomic E-state index is 13.4. The third-order valence-electron chi connectivity index (χ3n) is 2.64. The molecule has 0 amide bonds. The maximum Gasteiger partial charge on any atom is 1.00 e. The van der Waals surface area contributed by atoms with Gasteiger partial charge in [-0.2, -0.15) is 0 Å². The van der Waals surface area contributed by atoms with Gasteiger partial charge in [0.1, 0.15) is 12.4 Å². The fourth-order valence-electron chi connectivity index (χ4n) is 1.64. The Bertz CT molecular complexity index is 619. The molecule has 0 bridgehead atoms. The molecule has 21 heavy (non-hydrogen) atoms. The van der Waals surface area contributed by atoms with E-state index in [0.29, 0.717) is 17.7 Å². The van der Waals surface area contributed by atoms with Crippen LogP contribution in [0.2, 0.25) is 0 Å². The summed E-state index contributed by atoms with van der Waals surface area (Å²) in [4.78, 5) is 0. The van der Waals surface area contributed by atoms with Crippen LogP contribution in [0.15, 0.2) is 42.5 Å². The van der Waals surface area contributed by atoms with Gasteiger partial charge in [-0.25, -0.2) is 4.39 Å². The zero-order valence-electron chi connectivity index (χ0n) is 11.2. The van der Waals surface area contributed by atoms with Gasteiger partial charge in [-0.3, -0.25) is 0 Å². The van der Waals surface area contributed by atoms with Crippen LogP contribution in [0.25, 0.3) is 0 Å². The van der Waals surface area contributed by atoms with Crippen LogP contribution >= 0.6 is 0 Å². The summed E-state index contributed by atoms with van der Waals surface area (Å²) in [6.07, 6.45) is 0. The molecule has 0 atom stereocenters. The number of halogens is 4. The molecule has 8 heteroatoms. The van der Waals surface area contributed by atoms with E-state index in [0.717, 1.165) is 6.07 Å². The zero-order chi connectivity index (χ0) is 14.8. The van der Waals surface area contributed by atoms with Crippen LogP contribution in [-0.4, -0.2) is 12.1 Å². The van der Waals surface area contributed by atoms with Gasteiger partial charge >= 0.3 is 58.4 Å². The van der Waals surface area contributed by atoms with E-state index < -0.39 is 24.0 Å². The Balaban J connectivity index is 0.00000220. The van der Waals surface area contributed by atoms with Crippen molar-refractivity contribution < 1.29 is 78.6 Å². The first kappa shape index (κ1) is 18.5. The molecule has 1 N–H and O–H groups in total. The zero-order valence-corrected chi connectivity index (χ0v) is 14.3. The fourth-order valence-corrected chi connectivity index (χ4v) is 1.64. The molecule has 0 saturated heterocycles. The quantitative estimate of drug-likeness (QED) is 0.642. The van der Waals surface area contributed by atoms with Crippen LogP contribution in [0.1, 0.15) is 5.56 Å². The number of hydrogen-bond donors (Lipinski definition) is 1. The van der Waals surface area contributed by atoms with E-state index in [1.54, 1.807) is 12.1 Å². The Morgan fingerprint density at radius 2 is 1.76 bits per heavy atom. The van der Waals surface area contributed by atoms with Crippen molar-refractivity contribution in [3.05, 3.63) is 53.8 Å². The molecule has 0 heterocycles. The summed E-state index contributed by atoms with van der Waals surface area (Å²) in [6, 6.07) is 8.03. The van der Waals surface area contributed by atoms with E-state index >= 15 is 0 Å². The predicted molar refractivity (Wildman–Crippen MR) is 67.6 cm³/mol. The van der Waals surface area contributed by atoms with Crippen molar-refractivity contribution in [2.45, 2.75) is 6.61 Å². The molecular formula is C13H10BF4KO2. The topological polar surface area (TPSA) is 29.5 Å². The van der Waals surface area contributed by atoms with Gasteiger partial charge in [0.25, 0.3) is 0 Å². The standard InChI is InChI=1S/C13H10BF4O2.K/c15-12-5-4-10(14(16,17)18)7-13(12)20-8-9-2-1-3-11(19)6-9;/h1-7,19H,8H2;/q-1;+1. The third-order valence-corrected chi connectivity index (χ3v) is 2.64. The Morgan fingerprint density at radius 1 is 1.05 bits per heavy atom. The first-order chi connectivity index (χ1) is 9.36. The molecule has 0 fully saturated rings. The predicted octanol–water partition coefficient (Wildman–Crippen LogP) is 0.169. The van der Waals surface area contributed by atoms with E-state index in [1.165, 1.54) is 12.1 Å². The van der Waals surface area contributed by atoms with Crippen molar-refractivity contribution >= 4 is 12.4 Å². The third kappa shape index (κ3) is 5.30. The average molecular weight is 324 g/mol. The number of phenolic OH excluding ortho intramolecular Hbond substituents is 1. The van der Waals surface area contributed by atoms with Gasteiger partial charge < -0.3 is 22.8 Å². The van der Waals surface area contributed by atoms with E-state index in [-0.39, 0.29) is 63.7 Å². The van der Waals surface area contributed by atoms with E-state index in [4.69, 9.17) is 4.74 Å². The van der Waals surface area contributed by atoms with Crippen LogP contribution in [0.4, 0.5) is 17.3 Å². The summed E-state index contributed by atoms with van der Waals surface area (Å²) >= 11 is 0. The number of phenols is 1. The minimum Gasteiger partial charge on any atom is -0.508 e. The number of benzene rings is 2. The van der Waals surface area contributed by atoms with Gasteiger partial charge in [-0.1, -0.05) is 18.2 Å². The molecule has 2 aromatic carbocycles. The van der Waals surface area contributed by atoms with Gasteiger partial charge in [-0.15, -0.1) is 5.46 Å². The molecule has 0 spiro atoms. The molecular weight excluding hydrogens is 314 g/mol. The van der Waals surface area contributed by atoms with E-state index in [9.17, 15) is 22.4 Å². The summed E-state index contributed by atoms with van der Waals surface area (Å²) in [5, 5.41) is 9.24. The van der Waals surface area contributed by atoms with Crippen molar-refractivity contribution in [1.82, 2.24) is 0 Å². The first-order valence-corrected chi connectivity index (χ1v) is 5.76. The molecule has 0 aliphatic rings. The SMILES string of the molecule is Oc1cccc(COc2cc([B-](F)(F)F)ccc2F)c1.[K+]. The van der Waals surface area contributed by atoms with Crippen LogP contribution < -0.4 is 61.6 Å². The Hall–Kier alpha value is -0.539. The summed E-state index contributed by atoms with van der Waals surface area (Å²) in [5.41, 5.74) is -0.398. The van der Waals surface area contributed by atoms with Crippen LogP contribution in [-0.2, 0) is 6.61 Å². The second-order valence-corrected chi connectivity index (χ2v) is 4.22. The monoisotopic (exact) mass is 324 g/mol. The van der Waals surface area contributed by atoms with Gasteiger partial charge in [0.05, 0.1) is 0 Å². The molecule has 2 aromatic rings. The van der Waals surface area contributed by atoms with Crippen LogP contribution in [0, 0.1) is 5.82 Å². The molecule has 0 aromatic heterocycles. The summed E-state index contributed by atoms with van der Waals surface area (Å²) in [5.74, 6) is -1.34. The summed E-state index contributed by atoms with van der Waals surface area (Å²) < 4.78 is 56.1. The molecule has 0 unspecified atom stereocenters. The maximum absolute atomic E-state index is 13.4. The van der Waals surface area contributed by atoms with Crippen molar-refractivity contribution in [3.8, 4) is 11.5 Å². The number of aromatic hydroxyl groups is 1. The molecule has 106 valence electrons. The molecule has 0 saturated carbocycles. The summed E-state index contributed by atoms with van der Waals surface area (Å²) in [7, 11) is 0. The first-order valence-electron chi connectivity index (χ1n) is 5.76. The summed E-state index contributed by atoms with van der Waals surface area (Å²) in [6.45, 7) is -5.34. The normalized spacial score (nSPS) is 10.9. The van der Waals surface area contributed by atoms with Crippen molar-refractivity contribution in [3.63, 3.8) is 0 Å².